The SMILES string of the molecule is CCOC(=O)c1ccc(OCC(=O)NC(=O)NC(C)C2CC3CCC2C3)cc1. The number of ether oxygens (including phenoxy) is 2. The number of amides is 3. The summed E-state index contributed by atoms with van der Waals surface area (Å²) < 4.78 is 10.3. The number of fused-ring (bicyclic) bond motifs is 2. The number of benzene rings is 1. The van der Waals surface area contributed by atoms with E-state index in [1.807, 2.05) is 6.92 Å². The van der Waals surface area contributed by atoms with Gasteiger partial charge in [-0.25, -0.2) is 9.59 Å². The lowest BCUT2D eigenvalue weighted by molar-refractivity contribution is -0.122. The van der Waals surface area contributed by atoms with Gasteiger partial charge in [-0.05, 0) is 75.1 Å². The Morgan fingerprint density at radius 2 is 1.89 bits per heavy atom. The van der Waals surface area contributed by atoms with Crippen molar-refractivity contribution in [3.05, 3.63) is 29.8 Å². The third-order valence-corrected chi connectivity index (χ3v) is 5.78. The predicted molar refractivity (Wildman–Crippen MR) is 103 cm³/mol. The maximum atomic E-state index is 12.1. The van der Waals surface area contributed by atoms with Crippen molar-refractivity contribution in [2.24, 2.45) is 17.8 Å². The minimum atomic E-state index is -0.521. The molecule has 7 heteroatoms. The Bertz CT molecular complexity index is 718. The van der Waals surface area contributed by atoms with E-state index in [1.165, 1.54) is 25.7 Å². The van der Waals surface area contributed by atoms with Crippen molar-refractivity contribution in [1.29, 1.82) is 0 Å². The van der Waals surface area contributed by atoms with Crippen LogP contribution in [-0.2, 0) is 9.53 Å². The van der Waals surface area contributed by atoms with E-state index in [-0.39, 0.29) is 12.6 Å². The summed E-state index contributed by atoms with van der Waals surface area (Å²) in [5, 5.41) is 5.20. The summed E-state index contributed by atoms with van der Waals surface area (Å²) in [5.41, 5.74) is 0.410. The highest BCUT2D eigenvalue weighted by molar-refractivity contribution is 5.95. The number of carbonyl (C=O) groups is 3. The Morgan fingerprint density at radius 3 is 2.50 bits per heavy atom. The zero-order chi connectivity index (χ0) is 20.1. The van der Waals surface area contributed by atoms with E-state index < -0.39 is 17.9 Å². The fourth-order valence-corrected chi connectivity index (χ4v) is 4.47. The Kier molecular flexibility index (Phi) is 6.54. The van der Waals surface area contributed by atoms with E-state index >= 15 is 0 Å². The molecule has 0 aromatic heterocycles. The van der Waals surface area contributed by atoms with Crippen molar-refractivity contribution >= 4 is 17.9 Å². The van der Waals surface area contributed by atoms with Crippen LogP contribution in [-0.4, -0.2) is 37.2 Å². The largest absolute Gasteiger partial charge is 0.484 e. The van der Waals surface area contributed by atoms with Crippen molar-refractivity contribution in [3.8, 4) is 5.75 Å². The van der Waals surface area contributed by atoms with Gasteiger partial charge >= 0.3 is 12.0 Å². The molecule has 0 spiro atoms. The minimum Gasteiger partial charge on any atom is -0.484 e. The lowest BCUT2D eigenvalue weighted by Gasteiger charge is -2.28. The number of imide groups is 1. The molecular weight excluding hydrogens is 360 g/mol. The van der Waals surface area contributed by atoms with Gasteiger partial charge in [0.05, 0.1) is 12.2 Å². The van der Waals surface area contributed by atoms with E-state index in [0.29, 0.717) is 29.8 Å². The van der Waals surface area contributed by atoms with Crippen molar-refractivity contribution in [3.63, 3.8) is 0 Å². The Labute approximate surface area is 165 Å². The second-order valence-corrected chi connectivity index (χ2v) is 7.68. The Balaban J connectivity index is 1.39. The smallest absolute Gasteiger partial charge is 0.338 e. The quantitative estimate of drug-likeness (QED) is 0.701. The van der Waals surface area contributed by atoms with Gasteiger partial charge in [-0.2, -0.15) is 0 Å². The fraction of sp³-hybridized carbons (Fsp3) is 0.571. The van der Waals surface area contributed by atoms with Crippen LogP contribution in [0.25, 0.3) is 0 Å². The summed E-state index contributed by atoms with van der Waals surface area (Å²) in [6.07, 6.45) is 5.02. The first-order valence-electron chi connectivity index (χ1n) is 9.96. The number of esters is 1. The Hall–Kier alpha value is -2.57. The molecule has 2 N–H and O–H groups in total. The van der Waals surface area contributed by atoms with Gasteiger partial charge in [0.15, 0.2) is 6.61 Å². The summed E-state index contributed by atoms with van der Waals surface area (Å²) in [5.74, 6) is 1.53. The Morgan fingerprint density at radius 1 is 1.14 bits per heavy atom. The first kappa shape index (κ1) is 20.2. The van der Waals surface area contributed by atoms with E-state index in [2.05, 4.69) is 10.6 Å². The van der Waals surface area contributed by atoms with Crippen LogP contribution in [0.1, 0.15) is 49.9 Å². The van der Waals surface area contributed by atoms with Gasteiger partial charge in [0, 0.05) is 6.04 Å². The van der Waals surface area contributed by atoms with Gasteiger partial charge in [-0.1, -0.05) is 6.42 Å². The van der Waals surface area contributed by atoms with Crippen LogP contribution in [0.3, 0.4) is 0 Å². The molecular formula is C21H28N2O5. The van der Waals surface area contributed by atoms with Crippen molar-refractivity contribution in [1.82, 2.24) is 10.6 Å². The molecule has 1 aromatic rings. The van der Waals surface area contributed by atoms with Gasteiger partial charge in [0.2, 0.25) is 0 Å². The molecule has 152 valence electrons. The second kappa shape index (κ2) is 9.08. The van der Waals surface area contributed by atoms with Gasteiger partial charge in [0.1, 0.15) is 5.75 Å². The maximum Gasteiger partial charge on any atom is 0.338 e. The molecule has 0 radical (unpaired) electrons. The van der Waals surface area contributed by atoms with Crippen molar-refractivity contribution < 1.29 is 23.9 Å². The maximum absolute atomic E-state index is 12.1. The zero-order valence-electron chi connectivity index (χ0n) is 16.4. The highest BCUT2D eigenvalue weighted by atomic mass is 16.5. The van der Waals surface area contributed by atoms with Crippen LogP contribution in [0.2, 0.25) is 0 Å². The van der Waals surface area contributed by atoms with Crippen molar-refractivity contribution in [2.75, 3.05) is 13.2 Å². The number of rotatable bonds is 7. The molecule has 1 aromatic carbocycles. The van der Waals surface area contributed by atoms with E-state index in [1.54, 1.807) is 31.2 Å². The second-order valence-electron chi connectivity index (χ2n) is 7.68. The van der Waals surface area contributed by atoms with E-state index in [0.717, 1.165) is 5.92 Å². The zero-order valence-corrected chi connectivity index (χ0v) is 16.4. The van der Waals surface area contributed by atoms with Crippen LogP contribution in [0, 0.1) is 17.8 Å². The molecule has 2 aliphatic rings. The summed E-state index contributed by atoms with van der Waals surface area (Å²) in [7, 11) is 0. The number of nitrogens with one attached hydrogen (secondary N) is 2. The normalized spacial score (nSPS) is 23.7. The van der Waals surface area contributed by atoms with Crippen LogP contribution in [0.5, 0.6) is 5.75 Å². The van der Waals surface area contributed by atoms with Gasteiger partial charge in [-0.15, -0.1) is 0 Å². The molecule has 7 nitrogen and oxygen atoms in total. The average Bonchev–Trinajstić information content (AvgIpc) is 3.30. The average molecular weight is 388 g/mol. The number of urea groups is 1. The summed E-state index contributed by atoms with van der Waals surface area (Å²) in [6, 6.07) is 5.86. The molecule has 0 aliphatic heterocycles. The predicted octanol–water partition coefficient (Wildman–Crippen LogP) is 2.89. The molecule has 0 heterocycles. The van der Waals surface area contributed by atoms with E-state index in [9.17, 15) is 14.4 Å². The summed E-state index contributed by atoms with van der Waals surface area (Å²) >= 11 is 0. The van der Waals surface area contributed by atoms with Gasteiger partial charge in [0.25, 0.3) is 5.91 Å². The topological polar surface area (TPSA) is 93.7 Å². The highest BCUT2D eigenvalue weighted by Crippen LogP contribution is 2.49. The summed E-state index contributed by atoms with van der Waals surface area (Å²) in [6.45, 7) is 3.77. The van der Waals surface area contributed by atoms with Gasteiger partial charge in [-0.3, -0.25) is 10.1 Å². The van der Waals surface area contributed by atoms with E-state index in [4.69, 9.17) is 9.47 Å². The first-order valence-corrected chi connectivity index (χ1v) is 9.96. The molecule has 3 rings (SSSR count). The molecule has 28 heavy (non-hydrogen) atoms. The molecule has 4 unspecified atom stereocenters. The third-order valence-electron chi connectivity index (χ3n) is 5.78. The molecule has 2 aliphatic carbocycles. The molecule has 0 saturated heterocycles. The number of hydrogen-bond donors (Lipinski definition) is 2. The number of carbonyl (C=O) groups excluding carboxylic acids is 3. The highest BCUT2D eigenvalue weighted by Gasteiger charge is 2.42. The molecule has 2 bridgehead atoms. The van der Waals surface area contributed by atoms with Crippen LogP contribution >= 0.6 is 0 Å². The van der Waals surface area contributed by atoms with Crippen LogP contribution < -0.4 is 15.4 Å². The van der Waals surface area contributed by atoms with Gasteiger partial charge < -0.3 is 14.8 Å². The molecule has 2 saturated carbocycles. The lowest BCUT2D eigenvalue weighted by Crippen LogP contribution is -2.48. The minimum absolute atomic E-state index is 0.0550. The lowest BCUT2D eigenvalue weighted by atomic mass is 9.84. The standard InChI is InChI=1S/C21H28N2O5/c1-3-27-20(25)15-6-8-17(9-7-15)28-12-19(24)23-21(26)22-13(2)18-11-14-4-5-16(18)10-14/h6-9,13-14,16,18H,3-5,10-12H2,1-2H3,(H2,22,23,24,26). The molecule has 4 atom stereocenters. The number of hydrogen-bond acceptors (Lipinski definition) is 5. The summed E-state index contributed by atoms with van der Waals surface area (Å²) in [4.78, 5) is 35.6. The molecule has 2 fully saturated rings. The monoisotopic (exact) mass is 388 g/mol. The van der Waals surface area contributed by atoms with Crippen molar-refractivity contribution in [2.45, 2.75) is 45.6 Å². The third kappa shape index (κ3) is 5.03. The van der Waals surface area contributed by atoms with Crippen LogP contribution in [0.4, 0.5) is 4.79 Å². The van der Waals surface area contributed by atoms with Crippen LogP contribution in [0.15, 0.2) is 24.3 Å². The molecule has 3 amide bonds. The first-order chi connectivity index (χ1) is 13.5. The fourth-order valence-electron chi connectivity index (χ4n) is 4.47.